The Bertz CT molecular complexity index is 748. The van der Waals surface area contributed by atoms with Crippen molar-refractivity contribution < 1.29 is 23.8 Å². The van der Waals surface area contributed by atoms with Crippen molar-refractivity contribution >= 4 is 18.1 Å². The van der Waals surface area contributed by atoms with Gasteiger partial charge in [0.15, 0.2) is 5.82 Å². The minimum atomic E-state index is -1.37. The molecule has 1 heterocycles. The summed E-state index contributed by atoms with van der Waals surface area (Å²) in [7, 11) is 0. The van der Waals surface area contributed by atoms with Crippen LogP contribution in [0.4, 0.5) is 9.18 Å². The summed E-state index contributed by atoms with van der Waals surface area (Å²) in [6.07, 6.45) is 3.32. The van der Waals surface area contributed by atoms with Gasteiger partial charge in [-0.05, 0) is 17.7 Å². The van der Waals surface area contributed by atoms with E-state index in [1.807, 2.05) is 30.3 Å². The molecule has 0 aliphatic carbocycles. The number of benzene rings is 1. The number of hydrogen-bond acceptors (Lipinski definition) is 4. The number of rotatable bonds is 6. The summed E-state index contributed by atoms with van der Waals surface area (Å²) in [5.74, 6) is -2.29. The number of ether oxygens (including phenoxy) is 1. The highest BCUT2D eigenvalue weighted by atomic mass is 19.1. The largest absolute Gasteiger partial charge is 0.478 e. The number of carbonyl (C=O) groups is 2. The van der Waals surface area contributed by atoms with E-state index in [2.05, 4.69) is 10.3 Å². The number of nitrogens with one attached hydrogen (secondary N) is 1. The van der Waals surface area contributed by atoms with Crippen LogP contribution in [0.25, 0.3) is 6.08 Å². The molecule has 0 radical (unpaired) electrons. The van der Waals surface area contributed by atoms with E-state index in [-0.39, 0.29) is 18.8 Å². The van der Waals surface area contributed by atoms with Gasteiger partial charge in [0, 0.05) is 12.7 Å². The minimum Gasteiger partial charge on any atom is -0.478 e. The van der Waals surface area contributed by atoms with Crippen molar-refractivity contribution in [1.82, 2.24) is 10.3 Å². The number of aromatic nitrogens is 1. The van der Waals surface area contributed by atoms with Crippen molar-refractivity contribution in [2.24, 2.45) is 0 Å². The number of amides is 1. The molecular formula is C17H15FN2O4. The molecule has 2 N–H and O–H groups in total. The number of alkyl carbamates (subject to hydrolysis) is 1. The molecule has 1 aromatic carbocycles. The monoisotopic (exact) mass is 330 g/mol. The van der Waals surface area contributed by atoms with Crippen molar-refractivity contribution in [1.29, 1.82) is 0 Å². The van der Waals surface area contributed by atoms with E-state index in [0.29, 0.717) is 0 Å². The maximum atomic E-state index is 13.8. The second kappa shape index (κ2) is 8.42. The van der Waals surface area contributed by atoms with Crippen LogP contribution in [0.2, 0.25) is 0 Å². The van der Waals surface area contributed by atoms with Gasteiger partial charge in [-0.25, -0.2) is 14.0 Å². The Balaban J connectivity index is 1.81. The SMILES string of the molecule is O=C(NCC=Cc1nccc(C(=O)O)c1F)OCc1ccccc1. The lowest BCUT2D eigenvalue weighted by Gasteiger charge is -2.05. The molecule has 0 spiro atoms. The van der Waals surface area contributed by atoms with E-state index in [9.17, 15) is 14.0 Å². The first-order valence-corrected chi connectivity index (χ1v) is 7.07. The average Bonchev–Trinajstić information content (AvgIpc) is 2.58. The van der Waals surface area contributed by atoms with Crippen LogP contribution < -0.4 is 5.32 Å². The summed E-state index contributed by atoms with van der Waals surface area (Å²) in [4.78, 5) is 26.1. The zero-order valence-electron chi connectivity index (χ0n) is 12.6. The lowest BCUT2D eigenvalue weighted by molar-refractivity contribution is 0.0691. The van der Waals surface area contributed by atoms with Gasteiger partial charge in [-0.3, -0.25) is 4.98 Å². The lowest BCUT2D eigenvalue weighted by atomic mass is 10.2. The molecule has 0 atom stereocenters. The summed E-state index contributed by atoms with van der Waals surface area (Å²) in [6, 6.07) is 10.3. The second-order valence-electron chi connectivity index (χ2n) is 4.71. The molecule has 7 heteroatoms. The van der Waals surface area contributed by atoms with Crippen molar-refractivity contribution in [3.8, 4) is 0 Å². The number of carbonyl (C=O) groups excluding carboxylic acids is 1. The van der Waals surface area contributed by atoms with Crippen LogP contribution in [-0.4, -0.2) is 28.7 Å². The van der Waals surface area contributed by atoms with Crippen molar-refractivity contribution in [2.75, 3.05) is 6.54 Å². The van der Waals surface area contributed by atoms with Gasteiger partial charge in [0.2, 0.25) is 0 Å². The van der Waals surface area contributed by atoms with Gasteiger partial charge in [-0.2, -0.15) is 0 Å². The highest BCUT2D eigenvalue weighted by molar-refractivity contribution is 5.88. The third-order valence-electron chi connectivity index (χ3n) is 3.00. The van der Waals surface area contributed by atoms with E-state index >= 15 is 0 Å². The molecule has 2 aromatic rings. The maximum Gasteiger partial charge on any atom is 0.407 e. The van der Waals surface area contributed by atoms with Crippen molar-refractivity contribution in [3.05, 3.63) is 71.3 Å². The Hall–Kier alpha value is -3.22. The molecule has 1 amide bonds. The predicted octanol–water partition coefficient (Wildman–Crippen LogP) is 2.86. The average molecular weight is 330 g/mol. The summed E-state index contributed by atoms with van der Waals surface area (Å²) < 4.78 is 18.8. The van der Waals surface area contributed by atoms with Crippen LogP contribution in [0, 0.1) is 5.82 Å². The number of pyridine rings is 1. The second-order valence-corrected chi connectivity index (χ2v) is 4.71. The first-order chi connectivity index (χ1) is 11.6. The van der Waals surface area contributed by atoms with E-state index in [1.54, 1.807) is 0 Å². The number of carboxylic acid groups (broad SMARTS) is 1. The first-order valence-electron chi connectivity index (χ1n) is 7.07. The Labute approximate surface area is 137 Å². The smallest absolute Gasteiger partial charge is 0.407 e. The summed E-state index contributed by atoms with van der Waals surface area (Å²) in [5, 5.41) is 11.3. The molecule has 0 aliphatic heterocycles. The molecule has 1 aromatic heterocycles. The molecule has 6 nitrogen and oxygen atoms in total. The Morgan fingerprint density at radius 1 is 1.25 bits per heavy atom. The quantitative estimate of drug-likeness (QED) is 0.850. The van der Waals surface area contributed by atoms with Crippen LogP contribution in [0.3, 0.4) is 0 Å². The fourth-order valence-corrected chi connectivity index (χ4v) is 1.83. The molecule has 24 heavy (non-hydrogen) atoms. The molecule has 0 fully saturated rings. The Morgan fingerprint density at radius 3 is 2.71 bits per heavy atom. The van der Waals surface area contributed by atoms with Crippen LogP contribution >= 0.6 is 0 Å². The highest BCUT2D eigenvalue weighted by Crippen LogP contribution is 2.11. The van der Waals surface area contributed by atoms with Gasteiger partial charge in [-0.15, -0.1) is 0 Å². The van der Waals surface area contributed by atoms with Crippen LogP contribution in [0.1, 0.15) is 21.6 Å². The topological polar surface area (TPSA) is 88.5 Å². The fourth-order valence-electron chi connectivity index (χ4n) is 1.83. The third kappa shape index (κ3) is 4.91. The number of carboxylic acids is 1. The highest BCUT2D eigenvalue weighted by Gasteiger charge is 2.13. The van der Waals surface area contributed by atoms with Gasteiger partial charge < -0.3 is 15.2 Å². The lowest BCUT2D eigenvalue weighted by Crippen LogP contribution is -2.24. The molecule has 0 saturated heterocycles. The van der Waals surface area contributed by atoms with E-state index in [1.165, 1.54) is 18.3 Å². The number of nitrogens with zero attached hydrogens (tertiary/aromatic N) is 1. The first kappa shape index (κ1) is 17.1. The molecule has 0 bridgehead atoms. The standard InChI is InChI=1S/C17H15FN2O4/c18-15-13(16(21)22)8-10-19-14(15)7-4-9-20-17(23)24-11-12-5-2-1-3-6-12/h1-8,10H,9,11H2,(H,20,23)(H,21,22). The molecule has 0 aliphatic rings. The van der Waals surface area contributed by atoms with Crippen LogP contribution in [0.15, 0.2) is 48.7 Å². The summed E-state index contributed by atoms with van der Waals surface area (Å²) in [6.45, 7) is 0.235. The van der Waals surface area contributed by atoms with E-state index in [0.717, 1.165) is 11.6 Å². The summed E-state index contributed by atoms with van der Waals surface area (Å²) >= 11 is 0. The maximum absolute atomic E-state index is 13.8. The predicted molar refractivity (Wildman–Crippen MR) is 84.8 cm³/mol. The van der Waals surface area contributed by atoms with E-state index in [4.69, 9.17) is 9.84 Å². The summed E-state index contributed by atoms with van der Waals surface area (Å²) in [5.41, 5.74) is 0.286. The molecule has 0 saturated carbocycles. The number of hydrogen-bond donors (Lipinski definition) is 2. The number of halogens is 1. The Kier molecular flexibility index (Phi) is 6.01. The number of aromatic carboxylic acids is 1. The van der Waals surface area contributed by atoms with Crippen LogP contribution in [0.5, 0.6) is 0 Å². The van der Waals surface area contributed by atoms with Gasteiger partial charge >= 0.3 is 12.1 Å². The third-order valence-corrected chi connectivity index (χ3v) is 3.00. The van der Waals surface area contributed by atoms with Gasteiger partial charge in [0.1, 0.15) is 6.61 Å². The normalized spacial score (nSPS) is 10.5. The minimum absolute atomic E-state index is 0.0893. The van der Waals surface area contributed by atoms with Gasteiger partial charge in [0.25, 0.3) is 0 Å². The van der Waals surface area contributed by atoms with Crippen LogP contribution in [-0.2, 0) is 11.3 Å². The molecule has 0 unspecified atom stereocenters. The molecule has 124 valence electrons. The van der Waals surface area contributed by atoms with Gasteiger partial charge in [0.05, 0.1) is 11.3 Å². The van der Waals surface area contributed by atoms with Crippen molar-refractivity contribution in [3.63, 3.8) is 0 Å². The Morgan fingerprint density at radius 2 is 2.00 bits per heavy atom. The fraction of sp³-hybridized carbons (Fsp3) is 0.118. The van der Waals surface area contributed by atoms with Crippen molar-refractivity contribution in [2.45, 2.75) is 6.61 Å². The zero-order chi connectivity index (χ0) is 17.4. The molecular weight excluding hydrogens is 315 g/mol. The zero-order valence-corrected chi connectivity index (χ0v) is 12.6. The van der Waals surface area contributed by atoms with E-state index < -0.39 is 23.4 Å². The van der Waals surface area contributed by atoms with Gasteiger partial charge in [-0.1, -0.05) is 36.4 Å². The molecule has 2 rings (SSSR count).